The number of carbonyl (C=O) groups excluding carboxylic acids is 4. The van der Waals surface area contributed by atoms with Gasteiger partial charge in [0.25, 0.3) is 0 Å². The second-order valence-corrected chi connectivity index (χ2v) is 17.5. The Morgan fingerprint density at radius 3 is 1.84 bits per heavy atom. The van der Waals surface area contributed by atoms with Gasteiger partial charge in [-0.2, -0.15) is 33.4 Å². The summed E-state index contributed by atoms with van der Waals surface area (Å²) in [5, 5.41) is 13.8. The van der Waals surface area contributed by atoms with E-state index in [0.717, 1.165) is 49.8 Å². The standard InChI is InChI=1S/C18H34N2O5S.C8H13F3O4S.C7H14NO2.C5H9NO.Na.H2S/c1-5-15(21)20(11-8-6-7-9-16(22)23)12-14-26-13-10-19-17(24)25-18(2,3)4;1-7(12)5-3-2-4-6-15-16(13,14)8(9,10)11;1-5-8-6(9)10-7(2,3)4;1-2-5-6-3-4-7-5;;/h5-14H2,1-4H3,(H,19,24)(H,22,23);2-6H2,1H3;1,5H2,2-4H3,(H,8,9);2-4H2,1H3;;1H2/q;;-1;;+1;/p-1. The number of unbranched alkanes of at least 4 members (excludes halogenated alkanes) is 4. The second-order valence-electron chi connectivity index (χ2n) is 14.6. The Balaban J connectivity index is -0.000000253. The molecule has 0 spiro atoms. The van der Waals surface area contributed by atoms with Crippen LogP contribution in [0.5, 0.6) is 0 Å². The van der Waals surface area contributed by atoms with Crippen molar-refractivity contribution in [3.8, 4) is 0 Å². The van der Waals surface area contributed by atoms with E-state index in [1.54, 1.807) is 11.8 Å². The van der Waals surface area contributed by atoms with E-state index in [0.29, 0.717) is 58.3 Å². The molecule has 0 aromatic carbocycles. The summed E-state index contributed by atoms with van der Waals surface area (Å²) < 4.78 is 74.9. The maximum atomic E-state index is 12.0. The number of alkyl halides is 3. The molecule has 0 atom stereocenters. The first-order chi connectivity index (χ1) is 27.2. The van der Waals surface area contributed by atoms with Crippen LogP contribution in [0.25, 0.3) is 0 Å². The van der Waals surface area contributed by atoms with Crippen molar-refractivity contribution in [1.82, 2.24) is 15.5 Å². The van der Waals surface area contributed by atoms with Gasteiger partial charge >= 0.3 is 63.3 Å². The number of Topliss-reactive ketones (excluding diaryl/α,β-unsaturated/α-hetero) is 1. The summed E-state index contributed by atoms with van der Waals surface area (Å²) in [4.78, 5) is 61.0. The number of alkyl carbamates (subject to hydrolysis) is 2. The van der Waals surface area contributed by atoms with Crippen molar-refractivity contribution < 1.29 is 98.6 Å². The number of carbonyl (C=O) groups is 5. The van der Waals surface area contributed by atoms with Gasteiger partial charge in [0.2, 0.25) is 5.91 Å². The van der Waals surface area contributed by atoms with E-state index < -0.39 is 51.6 Å². The molecular weight excluding hydrogens is 881 g/mol. The Hall–Kier alpha value is -1.98. The molecule has 0 saturated heterocycles. The quantitative estimate of drug-likeness (QED) is 0.0266. The van der Waals surface area contributed by atoms with Crippen LogP contribution >= 0.6 is 11.8 Å². The molecule has 0 unspecified atom stereocenters. The number of halogens is 3. The van der Waals surface area contributed by atoms with Crippen LogP contribution in [0.3, 0.4) is 0 Å². The minimum atomic E-state index is -5.47. The number of hydrogen-bond acceptors (Lipinski definition) is 14. The normalized spacial score (nSPS) is 12.0. The summed E-state index contributed by atoms with van der Waals surface area (Å²) in [6, 6.07) is 0. The Morgan fingerprint density at radius 1 is 0.869 bits per heavy atom. The predicted molar refractivity (Wildman–Crippen MR) is 232 cm³/mol. The van der Waals surface area contributed by atoms with Crippen LogP contribution in [0.1, 0.15) is 127 Å². The number of ether oxygens (including phenoxy) is 3. The molecule has 0 aliphatic carbocycles. The molecule has 1 rings (SSSR count). The summed E-state index contributed by atoms with van der Waals surface area (Å²) in [6.45, 7) is 23.0. The third kappa shape index (κ3) is 47.3. The molecule has 0 fully saturated rings. The van der Waals surface area contributed by atoms with Crippen LogP contribution in [0.4, 0.5) is 22.8 Å². The maximum absolute atomic E-state index is 12.0. The van der Waals surface area contributed by atoms with Crippen LogP contribution in [0, 0.1) is 6.92 Å². The smallest absolute Gasteiger partial charge is 0.813 e. The molecule has 1 aliphatic rings. The Bertz CT molecular complexity index is 1350. The number of hydrogen-bond donors (Lipinski definition) is 3. The number of thiol groups is 1. The molecule has 0 aromatic rings. The van der Waals surface area contributed by atoms with Crippen molar-refractivity contribution in [3.63, 3.8) is 0 Å². The van der Waals surface area contributed by atoms with E-state index in [2.05, 4.69) is 26.7 Å². The van der Waals surface area contributed by atoms with Gasteiger partial charge in [0.15, 0.2) is 5.90 Å². The van der Waals surface area contributed by atoms with Gasteiger partial charge < -0.3 is 60.1 Å². The van der Waals surface area contributed by atoms with E-state index >= 15 is 0 Å². The molecule has 3 N–H and O–H groups in total. The number of nitrogens with one attached hydrogen (secondary N) is 2. The minimum absolute atomic E-state index is 0. The predicted octanol–water partition coefficient (Wildman–Crippen LogP) is 4.03. The molecule has 3 amide bonds. The number of carboxylic acids is 1. The van der Waals surface area contributed by atoms with E-state index in [-0.39, 0.29) is 67.6 Å². The Kier molecular flexibility index (Phi) is 42.9. The van der Waals surface area contributed by atoms with Gasteiger partial charge in [-0.05, 0) is 74.1 Å². The van der Waals surface area contributed by atoms with Gasteiger partial charge in [-0.25, -0.2) is 9.59 Å². The van der Waals surface area contributed by atoms with Gasteiger partial charge in [0.1, 0.15) is 23.6 Å². The molecule has 0 bridgehead atoms. The molecule has 356 valence electrons. The zero-order valence-corrected chi connectivity index (χ0v) is 42.4. The molecule has 61 heavy (non-hydrogen) atoms. The van der Waals surface area contributed by atoms with Crippen molar-refractivity contribution in [2.45, 2.75) is 143 Å². The third-order valence-electron chi connectivity index (χ3n) is 6.71. The van der Waals surface area contributed by atoms with Crippen LogP contribution < -0.4 is 40.2 Å². The average molecular weight is 952 g/mol. The first-order valence-electron chi connectivity index (χ1n) is 19.6. The number of carboxylic acid groups (broad SMARTS) is 1. The molecule has 1 heterocycles. The Labute approximate surface area is 395 Å². The largest absolute Gasteiger partial charge is 1.00 e. The zero-order valence-electron chi connectivity index (χ0n) is 37.9. The summed E-state index contributed by atoms with van der Waals surface area (Å²) in [7, 11) is -5.47. The number of thioether (sulfide) groups is 1. The van der Waals surface area contributed by atoms with Gasteiger partial charge in [-0.1, -0.05) is 26.7 Å². The third-order valence-corrected chi connectivity index (χ3v) is 8.72. The van der Waals surface area contributed by atoms with E-state index in [1.165, 1.54) is 6.92 Å². The van der Waals surface area contributed by atoms with Gasteiger partial charge in [-0.3, -0.25) is 18.8 Å². The van der Waals surface area contributed by atoms with Crippen molar-refractivity contribution in [3.05, 3.63) is 6.92 Å². The number of nitrogens with zero attached hydrogens (tertiary/aromatic N) is 2. The SMILES string of the molecule is CC(=O)CCCCCOS(=O)(=O)C(F)(F)F.CCC(=O)N(CCCCCC(=O)O)CCSCCNC(=O)OC(C)(C)C.CCC1=NCCO1.[CH2-]CNC(=O)OC(C)(C)C.[Na+].[SH-]. The molecule has 0 radical (unpaired) electrons. The van der Waals surface area contributed by atoms with Crippen LogP contribution in [0.2, 0.25) is 0 Å². The maximum Gasteiger partial charge on any atom is 1.00 e. The summed E-state index contributed by atoms with van der Waals surface area (Å²) in [5.74, 6) is 1.81. The number of aliphatic imine (C=N–C) groups is 1. The number of rotatable bonds is 22. The topological polar surface area (TPSA) is 216 Å². The zero-order chi connectivity index (χ0) is 46.1. The number of ketones is 1. The fourth-order valence-corrected chi connectivity index (χ4v) is 5.33. The van der Waals surface area contributed by atoms with Crippen molar-refractivity contribution >= 4 is 71.1 Å². The van der Waals surface area contributed by atoms with E-state index in [4.69, 9.17) is 19.3 Å². The van der Waals surface area contributed by atoms with Crippen LogP contribution in [0.15, 0.2) is 4.99 Å². The number of amides is 3. The molecule has 0 aromatic heterocycles. The summed E-state index contributed by atoms with van der Waals surface area (Å²) >= 11 is 1.68. The fraction of sp³-hybridized carbons (Fsp3) is 0.816. The molecule has 16 nitrogen and oxygen atoms in total. The van der Waals surface area contributed by atoms with Crippen molar-refractivity contribution in [1.29, 1.82) is 0 Å². The first-order valence-corrected chi connectivity index (χ1v) is 22.2. The second kappa shape index (κ2) is 38.5. The summed E-state index contributed by atoms with van der Waals surface area (Å²) in [6.07, 6.45) is 4.53. The Morgan fingerprint density at radius 2 is 1.41 bits per heavy atom. The average Bonchev–Trinajstić information content (AvgIpc) is 3.63. The van der Waals surface area contributed by atoms with Crippen molar-refractivity contribution in [2.24, 2.45) is 4.99 Å². The fourth-order valence-electron chi connectivity index (χ4n) is 4.05. The molecule has 1 aliphatic heterocycles. The van der Waals surface area contributed by atoms with E-state index in [1.807, 2.05) is 60.3 Å². The molecular formula is C38H71F3N4NaO12S3-. The van der Waals surface area contributed by atoms with E-state index in [9.17, 15) is 45.6 Å². The number of aliphatic carboxylic acids is 1. The van der Waals surface area contributed by atoms with Crippen LogP contribution in [-0.4, -0.2) is 128 Å². The van der Waals surface area contributed by atoms with Gasteiger partial charge in [-0.15, -0.1) is 6.54 Å². The minimum Gasteiger partial charge on any atom is -0.813 e. The van der Waals surface area contributed by atoms with Crippen molar-refractivity contribution in [2.75, 3.05) is 57.4 Å². The monoisotopic (exact) mass is 951 g/mol. The summed E-state index contributed by atoms with van der Waals surface area (Å²) in [5.41, 5.74) is -6.28. The molecule has 0 saturated carbocycles. The molecule has 23 heteroatoms. The van der Waals surface area contributed by atoms with Gasteiger partial charge in [0.05, 0.1) is 13.2 Å². The first kappa shape index (κ1) is 68.1. The van der Waals surface area contributed by atoms with Crippen LogP contribution in [-0.2, 0) is 56.4 Å². The van der Waals surface area contributed by atoms with Gasteiger partial charge in [0, 0.05) is 56.8 Å².